The van der Waals surface area contributed by atoms with Crippen LogP contribution in [0.1, 0.15) is 41.7 Å². The van der Waals surface area contributed by atoms with E-state index in [1.165, 1.54) is 0 Å². The number of hydrogen-bond donors (Lipinski definition) is 1. The van der Waals surface area contributed by atoms with E-state index in [9.17, 15) is 5.11 Å². The smallest absolute Gasteiger partial charge is 0.133 e. The van der Waals surface area contributed by atoms with Crippen LogP contribution in [0.4, 0.5) is 0 Å². The lowest BCUT2D eigenvalue weighted by Crippen LogP contribution is -2.05. The van der Waals surface area contributed by atoms with Gasteiger partial charge in [0.25, 0.3) is 0 Å². The molecular weight excluding hydrogens is 328 g/mol. The third-order valence-electron chi connectivity index (χ3n) is 3.55. The second kappa shape index (κ2) is 7.10. The predicted molar refractivity (Wildman–Crippen MR) is 89.9 cm³/mol. The average Bonchev–Trinajstić information content (AvgIpc) is 2.45. The van der Waals surface area contributed by atoms with Gasteiger partial charge in [-0.25, -0.2) is 0 Å². The molecule has 0 saturated heterocycles. The summed E-state index contributed by atoms with van der Waals surface area (Å²) in [5.74, 6) is 0.814. The maximum absolute atomic E-state index is 10.7. The number of benzene rings is 2. The monoisotopic (exact) mass is 348 g/mol. The van der Waals surface area contributed by atoms with Crippen molar-refractivity contribution >= 4 is 15.9 Å². The van der Waals surface area contributed by atoms with E-state index in [2.05, 4.69) is 22.9 Å². The highest BCUT2D eigenvalue weighted by molar-refractivity contribution is 9.10. The van der Waals surface area contributed by atoms with Gasteiger partial charge in [-0.15, -0.1) is 0 Å². The van der Waals surface area contributed by atoms with Gasteiger partial charge in [-0.1, -0.05) is 31.2 Å². The highest BCUT2D eigenvalue weighted by Gasteiger charge is 2.16. The summed E-state index contributed by atoms with van der Waals surface area (Å²) in [5.41, 5.74) is 4.05. The standard InChI is InChI=1S/C18H21BrO2/c1-4-10-21-16-9-8-14(11-15(16)19)18(20)17-12(2)6-5-7-13(17)3/h5-9,11,18,20H,4,10H2,1-3H3. The first kappa shape index (κ1) is 16.1. The van der Waals surface area contributed by atoms with Crippen LogP contribution >= 0.6 is 15.9 Å². The molecule has 0 spiro atoms. The van der Waals surface area contributed by atoms with E-state index in [-0.39, 0.29) is 0 Å². The van der Waals surface area contributed by atoms with Crippen LogP contribution in [0.5, 0.6) is 5.75 Å². The van der Waals surface area contributed by atoms with Gasteiger partial charge in [0.05, 0.1) is 11.1 Å². The minimum Gasteiger partial charge on any atom is -0.492 e. The summed E-state index contributed by atoms with van der Waals surface area (Å²) in [4.78, 5) is 0. The second-order valence-corrected chi connectivity index (χ2v) is 6.10. The minimum absolute atomic E-state index is 0.622. The minimum atomic E-state index is -0.622. The number of rotatable bonds is 5. The molecule has 112 valence electrons. The van der Waals surface area contributed by atoms with Crippen molar-refractivity contribution in [2.75, 3.05) is 6.61 Å². The van der Waals surface area contributed by atoms with Gasteiger partial charge in [-0.2, -0.15) is 0 Å². The summed E-state index contributed by atoms with van der Waals surface area (Å²) in [7, 11) is 0. The highest BCUT2D eigenvalue weighted by atomic mass is 79.9. The molecule has 0 radical (unpaired) electrons. The predicted octanol–water partition coefficient (Wildman–Crippen LogP) is 4.94. The maximum Gasteiger partial charge on any atom is 0.133 e. The van der Waals surface area contributed by atoms with Gasteiger partial charge in [0.2, 0.25) is 0 Å². The Morgan fingerprint density at radius 3 is 2.38 bits per heavy atom. The molecule has 0 fully saturated rings. The Kier molecular flexibility index (Phi) is 5.43. The summed E-state index contributed by atoms with van der Waals surface area (Å²) in [6.07, 6.45) is 0.349. The molecule has 0 aliphatic heterocycles. The molecule has 0 aliphatic carbocycles. The van der Waals surface area contributed by atoms with Crippen molar-refractivity contribution < 1.29 is 9.84 Å². The number of ether oxygens (including phenoxy) is 1. The van der Waals surface area contributed by atoms with E-state index < -0.39 is 6.10 Å². The zero-order chi connectivity index (χ0) is 15.4. The Bertz CT molecular complexity index is 602. The van der Waals surface area contributed by atoms with Crippen molar-refractivity contribution in [1.82, 2.24) is 0 Å². The number of hydrogen-bond acceptors (Lipinski definition) is 2. The topological polar surface area (TPSA) is 29.5 Å². The summed E-state index contributed by atoms with van der Waals surface area (Å²) in [6, 6.07) is 11.8. The van der Waals surface area contributed by atoms with Crippen molar-refractivity contribution in [1.29, 1.82) is 0 Å². The van der Waals surface area contributed by atoms with Crippen molar-refractivity contribution in [2.24, 2.45) is 0 Å². The van der Waals surface area contributed by atoms with E-state index in [4.69, 9.17) is 4.74 Å². The fourth-order valence-corrected chi connectivity index (χ4v) is 2.95. The number of aliphatic hydroxyl groups excluding tert-OH is 1. The Morgan fingerprint density at radius 2 is 1.81 bits per heavy atom. The molecular formula is C18H21BrO2. The lowest BCUT2D eigenvalue weighted by Gasteiger charge is -2.18. The van der Waals surface area contributed by atoms with Crippen molar-refractivity contribution in [3.05, 3.63) is 63.1 Å². The molecule has 1 unspecified atom stereocenters. The number of aryl methyl sites for hydroxylation is 2. The van der Waals surface area contributed by atoms with Gasteiger partial charge in [-0.05, 0) is 70.6 Å². The van der Waals surface area contributed by atoms with Crippen LogP contribution < -0.4 is 4.74 Å². The largest absolute Gasteiger partial charge is 0.492 e. The Labute approximate surface area is 134 Å². The van der Waals surface area contributed by atoms with Gasteiger partial charge in [0.1, 0.15) is 11.9 Å². The van der Waals surface area contributed by atoms with E-state index in [0.29, 0.717) is 6.61 Å². The van der Waals surface area contributed by atoms with Crippen molar-refractivity contribution in [3.63, 3.8) is 0 Å². The van der Waals surface area contributed by atoms with E-state index in [1.807, 2.05) is 50.2 Å². The van der Waals surface area contributed by atoms with Crippen LogP contribution in [0.25, 0.3) is 0 Å². The first-order valence-corrected chi connectivity index (χ1v) is 8.00. The Balaban J connectivity index is 2.32. The molecule has 0 amide bonds. The SMILES string of the molecule is CCCOc1ccc(C(O)c2c(C)cccc2C)cc1Br. The van der Waals surface area contributed by atoms with Gasteiger partial charge < -0.3 is 9.84 Å². The molecule has 0 aromatic heterocycles. The van der Waals surface area contributed by atoms with Gasteiger partial charge in [0, 0.05) is 0 Å². The van der Waals surface area contributed by atoms with Crippen LogP contribution in [-0.4, -0.2) is 11.7 Å². The fourth-order valence-electron chi connectivity index (χ4n) is 2.44. The lowest BCUT2D eigenvalue weighted by molar-refractivity contribution is 0.218. The van der Waals surface area contributed by atoms with Gasteiger partial charge >= 0.3 is 0 Å². The molecule has 0 heterocycles. The average molecular weight is 349 g/mol. The molecule has 2 rings (SSSR count). The number of aliphatic hydroxyl groups is 1. The zero-order valence-electron chi connectivity index (χ0n) is 12.7. The first-order chi connectivity index (χ1) is 10.0. The van der Waals surface area contributed by atoms with E-state index in [1.54, 1.807) is 0 Å². The summed E-state index contributed by atoms with van der Waals surface area (Å²) in [5, 5.41) is 10.7. The molecule has 3 heteroatoms. The molecule has 1 N–H and O–H groups in total. The van der Waals surface area contributed by atoms with E-state index >= 15 is 0 Å². The molecule has 2 aromatic rings. The first-order valence-electron chi connectivity index (χ1n) is 7.21. The lowest BCUT2D eigenvalue weighted by atomic mass is 9.93. The fraction of sp³-hybridized carbons (Fsp3) is 0.333. The van der Waals surface area contributed by atoms with Crippen molar-refractivity contribution in [2.45, 2.75) is 33.3 Å². The number of halogens is 1. The van der Waals surface area contributed by atoms with Crippen LogP contribution in [0.3, 0.4) is 0 Å². The Morgan fingerprint density at radius 1 is 1.14 bits per heavy atom. The quantitative estimate of drug-likeness (QED) is 0.829. The zero-order valence-corrected chi connectivity index (χ0v) is 14.3. The van der Waals surface area contributed by atoms with Crippen molar-refractivity contribution in [3.8, 4) is 5.75 Å². The summed E-state index contributed by atoms with van der Waals surface area (Å²) >= 11 is 3.52. The molecule has 2 aromatic carbocycles. The van der Waals surface area contributed by atoms with Gasteiger partial charge in [-0.3, -0.25) is 0 Å². The second-order valence-electron chi connectivity index (χ2n) is 5.25. The van der Waals surface area contributed by atoms with Crippen LogP contribution in [0.15, 0.2) is 40.9 Å². The van der Waals surface area contributed by atoms with Gasteiger partial charge in [0.15, 0.2) is 0 Å². The molecule has 2 nitrogen and oxygen atoms in total. The molecule has 0 aliphatic rings. The molecule has 0 saturated carbocycles. The summed E-state index contributed by atoms with van der Waals surface area (Å²) in [6.45, 7) is 6.82. The molecule has 1 atom stereocenters. The van der Waals surface area contributed by atoms with Crippen LogP contribution in [-0.2, 0) is 0 Å². The third kappa shape index (κ3) is 3.66. The van der Waals surface area contributed by atoms with E-state index in [0.717, 1.165) is 38.9 Å². The highest BCUT2D eigenvalue weighted by Crippen LogP contribution is 2.33. The molecule has 0 bridgehead atoms. The van der Waals surface area contributed by atoms with Crippen LogP contribution in [0, 0.1) is 13.8 Å². The third-order valence-corrected chi connectivity index (χ3v) is 4.17. The Hall–Kier alpha value is -1.32. The van der Waals surface area contributed by atoms with Crippen LogP contribution in [0.2, 0.25) is 0 Å². The summed E-state index contributed by atoms with van der Waals surface area (Å²) < 4.78 is 6.52. The molecule has 21 heavy (non-hydrogen) atoms. The maximum atomic E-state index is 10.7. The normalized spacial score (nSPS) is 12.2.